The second-order valence-corrected chi connectivity index (χ2v) is 20.1. The quantitative estimate of drug-likeness (QED) is 0.0686. The van der Waals surface area contributed by atoms with Gasteiger partial charge in [0.15, 0.2) is 0 Å². The van der Waals surface area contributed by atoms with Gasteiger partial charge in [-0.15, -0.1) is 0 Å². The van der Waals surface area contributed by atoms with Gasteiger partial charge in [-0.25, -0.2) is 9.79 Å². The van der Waals surface area contributed by atoms with Crippen molar-refractivity contribution in [1.82, 2.24) is 9.97 Å². The molecule has 4 aliphatic rings. The summed E-state index contributed by atoms with van der Waals surface area (Å²) in [6.45, 7) is 26.0. The van der Waals surface area contributed by atoms with E-state index < -0.39 is 23.3 Å². The van der Waals surface area contributed by atoms with Crippen LogP contribution in [0.15, 0.2) is 50.6 Å². The van der Waals surface area contributed by atoms with Crippen LogP contribution in [0.2, 0.25) is 0 Å². The van der Waals surface area contributed by atoms with Gasteiger partial charge in [0, 0.05) is 52.1 Å². The molecule has 6 rings (SSSR count). The van der Waals surface area contributed by atoms with Gasteiger partial charge in [-0.05, 0) is 118 Å². The molecule has 10 nitrogen and oxygen atoms in total. The minimum Gasteiger partial charge on any atom is -0.466 e. The number of hydrogen-bond donors (Lipinski definition) is 3. The van der Waals surface area contributed by atoms with E-state index >= 15 is 0 Å². The fourth-order valence-corrected chi connectivity index (χ4v) is 10.7. The van der Waals surface area contributed by atoms with E-state index in [4.69, 9.17) is 19.5 Å². The molecule has 8 bridgehead atoms. The van der Waals surface area contributed by atoms with Crippen LogP contribution in [0.3, 0.4) is 0 Å². The normalized spacial score (nSPS) is 23.6. The predicted octanol–water partition coefficient (Wildman–Crippen LogP) is 9.63. The standard InChI is InChI=1S/C55H76N4O6/c1-13-39-35(8)42-28-44-37(10)41(24-25-48(60)65-27-26-34(7)23-17-22-33(6)21-16-20-32(5)19-15-18-31(3)4)51(58-44)50-52-49(53(61)55(50,63)54(62)64-12)38(11)45(59-52)30-47-40(14-2)36(9)43(57-47)29-46(39)56-42/h13,26,29-33,37,41,44,56-57,63H,1,14-25,27-28H2,2-12H3/b34-26+,43-29-,47-30-/t32-,33-,37+,41+,44?,55+/m1/s1. The molecule has 3 aliphatic heterocycles. The lowest BCUT2D eigenvalue weighted by Crippen LogP contribution is -2.49. The fourth-order valence-electron chi connectivity index (χ4n) is 10.7. The van der Waals surface area contributed by atoms with Crippen molar-refractivity contribution in [2.75, 3.05) is 13.7 Å². The maximum absolute atomic E-state index is 14.5. The number of H-pyrrole nitrogens is 2. The van der Waals surface area contributed by atoms with Gasteiger partial charge < -0.3 is 24.5 Å². The van der Waals surface area contributed by atoms with Crippen molar-refractivity contribution in [3.05, 3.63) is 85.0 Å². The summed E-state index contributed by atoms with van der Waals surface area (Å²) in [6.07, 6.45) is 20.8. The topological polar surface area (TPSA) is 146 Å². The van der Waals surface area contributed by atoms with E-state index in [0.717, 1.165) is 82.5 Å². The average molecular weight is 889 g/mol. The largest absolute Gasteiger partial charge is 0.466 e. The van der Waals surface area contributed by atoms with E-state index in [9.17, 15) is 19.5 Å². The van der Waals surface area contributed by atoms with Crippen LogP contribution in [-0.4, -0.2) is 69.6 Å². The van der Waals surface area contributed by atoms with Gasteiger partial charge in [-0.2, -0.15) is 0 Å². The van der Waals surface area contributed by atoms with Crippen molar-refractivity contribution in [2.24, 2.45) is 39.6 Å². The number of carbonyl (C=O) groups is 3. The number of ether oxygens (including phenoxy) is 2. The molecule has 0 aromatic carbocycles. The molecule has 0 spiro atoms. The number of rotatable bonds is 20. The minimum absolute atomic E-state index is 0.0505. The van der Waals surface area contributed by atoms with Crippen LogP contribution in [0.1, 0.15) is 160 Å². The Bertz CT molecular complexity index is 2450. The van der Waals surface area contributed by atoms with Crippen molar-refractivity contribution >= 4 is 47.4 Å². The summed E-state index contributed by atoms with van der Waals surface area (Å²) >= 11 is 0. The molecule has 0 radical (unpaired) electrons. The molecule has 5 heterocycles. The molecule has 0 saturated carbocycles. The molecular weight excluding hydrogens is 813 g/mol. The van der Waals surface area contributed by atoms with Crippen LogP contribution in [0.4, 0.5) is 0 Å². The number of Topliss-reactive ketones (excluding diaryl/α,β-unsaturated/α-hetero) is 1. The molecule has 352 valence electrons. The monoisotopic (exact) mass is 889 g/mol. The number of carbonyl (C=O) groups excluding carboxylic acids is 3. The Morgan fingerprint density at radius 1 is 0.969 bits per heavy atom. The second kappa shape index (κ2) is 21.2. The van der Waals surface area contributed by atoms with Crippen LogP contribution >= 0.6 is 0 Å². The molecule has 1 unspecified atom stereocenters. The number of ketones is 1. The highest BCUT2D eigenvalue weighted by Crippen LogP contribution is 2.48. The zero-order chi connectivity index (χ0) is 47.3. The van der Waals surface area contributed by atoms with E-state index in [1.54, 1.807) is 6.92 Å². The van der Waals surface area contributed by atoms with Crippen LogP contribution in [-0.2, 0) is 36.7 Å². The van der Waals surface area contributed by atoms with Gasteiger partial charge in [0.1, 0.15) is 6.61 Å². The minimum atomic E-state index is -2.65. The number of esters is 2. The zero-order valence-corrected chi connectivity index (χ0v) is 41.3. The highest BCUT2D eigenvalue weighted by Gasteiger charge is 2.61. The van der Waals surface area contributed by atoms with Crippen molar-refractivity contribution in [3.63, 3.8) is 0 Å². The molecular formula is C55H76N4O6. The smallest absolute Gasteiger partial charge is 0.351 e. The maximum atomic E-state index is 14.5. The Morgan fingerprint density at radius 2 is 1.65 bits per heavy atom. The van der Waals surface area contributed by atoms with Gasteiger partial charge >= 0.3 is 11.9 Å². The van der Waals surface area contributed by atoms with Gasteiger partial charge in [0.2, 0.25) is 5.78 Å². The zero-order valence-electron chi connectivity index (χ0n) is 41.3. The molecule has 0 amide bonds. The summed E-state index contributed by atoms with van der Waals surface area (Å²) in [4.78, 5) is 59.2. The van der Waals surface area contributed by atoms with E-state index in [0.29, 0.717) is 35.8 Å². The first kappa shape index (κ1) is 49.6. The molecule has 65 heavy (non-hydrogen) atoms. The molecule has 0 fully saturated rings. The number of hydrogen-bond acceptors (Lipinski definition) is 8. The van der Waals surface area contributed by atoms with Gasteiger partial charge in [0.25, 0.3) is 5.60 Å². The lowest BCUT2D eigenvalue weighted by atomic mass is 9.78. The summed E-state index contributed by atoms with van der Waals surface area (Å²) in [5.41, 5.74) is 6.74. The molecule has 2 aromatic heterocycles. The van der Waals surface area contributed by atoms with Crippen LogP contribution < -0.4 is 10.7 Å². The van der Waals surface area contributed by atoms with E-state index in [1.165, 1.54) is 50.5 Å². The van der Waals surface area contributed by atoms with Gasteiger partial charge in [-0.1, -0.05) is 105 Å². The van der Waals surface area contributed by atoms with E-state index in [1.807, 2.05) is 18.2 Å². The van der Waals surface area contributed by atoms with Crippen LogP contribution in [0.25, 0.3) is 18.2 Å². The second-order valence-electron chi connectivity index (χ2n) is 20.1. The number of methoxy groups -OCH3 is 1. The molecule has 2 aromatic rings. The third-order valence-electron chi connectivity index (χ3n) is 14.9. The molecule has 3 N–H and O–H groups in total. The number of allylic oxidation sites excluding steroid dienone is 3. The lowest BCUT2D eigenvalue weighted by Gasteiger charge is -2.26. The number of aliphatic hydroxyl groups is 1. The number of aromatic nitrogens is 2. The Hall–Kier alpha value is -4.83. The number of nitrogens with one attached hydrogen (secondary N) is 2. The molecule has 0 saturated heterocycles. The number of fused-ring (bicyclic) bond motifs is 6. The fraction of sp³-hybridized carbons (Fsp3) is 0.582. The number of aliphatic imine (C=N–C) groups is 2. The summed E-state index contributed by atoms with van der Waals surface area (Å²) in [6, 6.07) is -0.320. The summed E-state index contributed by atoms with van der Waals surface area (Å²) in [5.74, 6) is -0.459. The van der Waals surface area contributed by atoms with E-state index in [-0.39, 0.29) is 47.8 Å². The first-order valence-corrected chi connectivity index (χ1v) is 24.5. The highest BCUT2D eigenvalue weighted by atomic mass is 16.5. The van der Waals surface area contributed by atoms with Gasteiger partial charge in [0.05, 0.1) is 35.7 Å². The Kier molecular flexibility index (Phi) is 16.2. The lowest BCUT2D eigenvalue weighted by molar-refractivity contribution is -0.161. The third kappa shape index (κ3) is 10.4. The summed E-state index contributed by atoms with van der Waals surface area (Å²) < 4.78 is 10.9. The Morgan fingerprint density at radius 3 is 2.29 bits per heavy atom. The number of aromatic amines is 2. The Balaban J connectivity index is 1.21. The van der Waals surface area contributed by atoms with Crippen LogP contribution in [0, 0.1) is 43.4 Å². The Labute approximate surface area is 387 Å². The average Bonchev–Trinajstić information content (AvgIpc) is 3.99. The molecule has 1 aliphatic carbocycles. The van der Waals surface area contributed by atoms with E-state index in [2.05, 4.69) is 84.9 Å². The summed E-state index contributed by atoms with van der Waals surface area (Å²) in [7, 11) is 1.16. The van der Waals surface area contributed by atoms with Gasteiger partial charge in [-0.3, -0.25) is 14.6 Å². The molecule has 10 heteroatoms. The maximum Gasteiger partial charge on any atom is 0.351 e. The third-order valence-corrected chi connectivity index (χ3v) is 14.9. The first-order chi connectivity index (χ1) is 30.9. The predicted molar refractivity (Wildman–Crippen MR) is 263 cm³/mol. The first-order valence-electron chi connectivity index (χ1n) is 24.5. The van der Waals surface area contributed by atoms with Crippen molar-refractivity contribution in [2.45, 2.75) is 164 Å². The summed E-state index contributed by atoms with van der Waals surface area (Å²) in [5, 5.41) is 14.2. The van der Waals surface area contributed by atoms with Crippen molar-refractivity contribution in [3.8, 4) is 0 Å². The number of nitrogens with zero attached hydrogens (tertiary/aromatic N) is 2. The van der Waals surface area contributed by atoms with Crippen molar-refractivity contribution < 1.29 is 29.0 Å². The molecule has 6 atom stereocenters. The van der Waals surface area contributed by atoms with Crippen LogP contribution in [0.5, 0.6) is 0 Å². The highest BCUT2D eigenvalue weighted by molar-refractivity contribution is 6.36. The SMILES string of the molecule is C=Cc1c2[nH]c(c1C)CC1N=C(C3=C4N=C(/C=c5\[nH]/c(c(C)c5CC)=C\2)C(C)=C4C(=O)[C@]3(O)C(=O)OC)[C@@H](CCC(=O)OC/C=C(\C)CCC[C@H](C)CCC[C@H](C)CCCC(C)C)[C@@H]1C. The van der Waals surface area contributed by atoms with Crippen molar-refractivity contribution in [1.29, 1.82) is 0 Å².